The maximum absolute atomic E-state index is 5.73. The fourth-order valence-electron chi connectivity index (χ4n) is 1.58. The number of pyridine rings is 1. The Hall–Kier alpha value is -2.08. The van der Waals surface area contributed by atoms with Gasteiger partial charge in [-0.2, -0.15) is 5.10 Å². The molecule has 2 heterocycles. The van der Waals surface area contributed by atoms with E-state index in [1.165, 1.54) is 18.1 Å². The Morgan fingerprint density at radius 2 is 2.12 bits per heavy atom. The monoisotopic (exact) mass is 243 g/mol. The molecule has 0 aliphatic rings. The lowest BCUT2D eigenvalue weighted by Crippen LogP contribution is -1.87. The number of benzene rings is 1. The predicted octanol–water partition coefficient (Wildman–Crippen LogP) is 2.09. The van der Waals surface area contributed by atoms with Gasteiger partial charge in [0.2, 0.25) is 0 Å². The van der Waals surface area contributed by atoms with Gasteiger partial charge in [-0.1, -0.05) is 0 Å². The van der Waals surface area contributed by atoms with Crippen molar-refractivity contribution >= 4 is 28.4 Å². The SMILES string of the molecule is Nc1ccc2c(Sc3ncn[nH]3)ccnc2c1. The number of nitrogens with two attached hydrogens (primary N) is 1. The molecule has 0 fully saturated rings. The van der Waals surface area contributed by atoms with Gasteiger partial charge < -0.3 is 5.73 Å². The number of aromatic amines is 1. The Bertz CT molecular complexity index is 650. The van der Waals surface area contributed by atoms with Crippen LogP contribution in [0.25, 0.3) is 10.9 Å². The Labute approximate surface area is 101 Å². The maximum Gasteiger partial charge on any atom is 0.188 e. The molecule has 84 valence electrons. The molecule has 0 radical (unpaired) electrons. The van der Waals surface area contributed by atoms with Crippen LogP contribution >= 0.6 is 11.8 Å². The minimum absolute atomic E-state index is 0.715. The lowest BCUT2D eigenvalue weighted by molar-refractivity contribution is 0.973. The number of nitrogen functional groups attached to an aromatic ring is 1. The summed E-state index contributed by atoms with van der Waals surface area (Å²) in [6, 6.07) is 7.65. The van der Waals surface area contributed by atoms with Crippen molar-refractivity contribution in [2.24, 2.45) is 0 Å². The van der Waals surface area contributed by atoms with E-state index in [4.69, 9.17) is 5.73 Å². The van der Waals surface area contributed by atoms with Crippen molar-refractivity contribution in [3.05, 3.63) is 36.8 Å². The first-order valence-electron chi connectivity index (χ1n) is 5.00. The summed E-state index contributed by atoms with van der Waals surface area (Å²) in [5, 5.41) is 8.46. The summed E-state index contributed by atoms with van der Waals surface area (Å²) in [6.45, 7) is 0. The zero-order chi connectivity index (χ0) is 11.7. The predicted molar refractivity (Wildman–Crippen MR) is 66.7 cm³/mol. The van der Waals surface area contributed by atoms with Gasteiger partial charge in [-0.15, -0.1) is 0 Å². The molecular weight excluding hydrogens is 234 g/mol. The molecule has 0 unspecified atom stereocenters. The Morgan fingerprint density at radius 3 is 2.94 bits per heavy atom. The third-order valence-corrected chi connectivity index (χ3v) is 3.29. The number of anilines is 1. The zero-order valence-electron chi connectivity index (χ0n) is 8.79. The Balaban J connectivity index is 2.10. The van der Waals surface area contributed by atoms with Crippen molar-refractivity contribution < 1.29 is 0 Å². The first-order valence-corrected chi connectivity index (χ1v) is 5.82. The van der Waals surface area contributed by atoms with Crippen LogP contribution in [-0.4, -0.2) is 20.2 Å². The molecule has 0 saturated carbocycles. The van der Waals surface area contributed by atoms with Crippen LogP contribution in [0, 0.1) is 0 Å². The van der Waals surface area contributed by atoms with Crippen LogP contribution in [0.3, 0.4) is 0 Å². The first kappa shape index (κ1) is 10.1. The van der Waals surface area contributed by atoms with Gasteiger partial charge in [0.1, 0.15) is 6.33 Å². The van der Waals surface area contributed by atoms with E-state index in [0.29, 0.717) is 5.69 Å². The highest BCUT2D eigenvalue weighted by Gasteiger charge is 2.05. The van der Waals surface area contributed by atoms with Crippen LogP contribution in [0.5, 0.6) is 0 Å². The molecule has 3 N–H and O–H groups in total. The molecule has 3 rings (SSSR count). The third kappa shape index (κ3) is 1.94. The van der Waals surface area contributed by atoms with Crippen LogP contribution in [0.4, 0.5) is 5.69 Å². The zero-order valence-corrected chi connectivity index (χ0v) is 9.61. The minimum atomic E-state index is 0.715. The lowest BCUT2D eigenvalue weighted by atomic mass is 10.2. The summed E-state index contributed by atoms with van der Waals surface area (Å²) in [5.41, 5.74) is 7.33. The van der Waals surface area contributed by atoms with Crippen molar-refractivity contribution in [2.75, 3.05) is 5.73 Å². The van der Waals surface area contributed by atoms with Crippen molar-refractivity contribution in [3.63, 3.8) is 0 Å². The number of aromatic nitrogens is 4. The summed E-state index contributed by atoms with van der Waals surface area (Å²) in [4.78, 5) is 9.46. The molecule has 3 aromatic rings. The summed E-state index contributed by atoms with van der Waals surface area (Å²) < 4.78 is 0. The van der Waals surface area contributed by atoms with Gasteiger partial charge in [-0.3, -0.25) is 10.1 Å². The molecule has 0 aliphatic carbocycles. The normalized spacial score (nSPS) is 10.8. The van der Waals surface area contributed by atoms with E-state index in [1.807, 2.05) is 24.3 Å². The molecule has 2 aromatic heterocycles. The summed E-state index contributed by atoms with van der Waals surface area (Å²) in [5.74, 6) is 0. The van der Waals surface area contributed by atoms with E-state index < -0.39 is 0 Å². The number of fused-ring (bicyclic) bond motifs is 1. The molecule has 5 nitrogen and oxygen atoms in total. The van der Waals surface area contributed by atoms with Gasteiger partial charge >= 0.3 is 0 Å². The molecule has 0 amide bonds. The molecule has 0 bridgehead atoms. The van der Waals surface area contributed by atoms with Crippen LogP contribution in [-0.2, 0) is 0 Å². The summed E-state index contributed by atoms with van der Waals surface area (Å²) >= 11 is 1.52. The van der Waals surface area contributed by atoms with Gasteiger partial charge in [0.25, 0.3) is 0 Å². The first-order chi connectivity index (χ1) is 8.33. The highest BCUT2D eigenvalue weighted by molar-refractivity contribution is 7.99. The fraction of sp³-hybridized carbons (Fsp3) is 0. The van der Waals surface area contributed by atoms with E-state index in [-0.39, 0.29) is 0 Å². The smallest absolute Gasteiger partial charge is 0.188 e. The number of H-pyrrole nitrogens is 1. The van der Waals surface area contributed by atoms with Gasteiger partial charge in [-0.25, -0.2) is 4.98 Å². The molecule has 0 atom stereocenters. The highest BCUT2D eigenvalue weighted by Crippen LogP contribution is 2.30. The quantitative estimate of drug-likeness (QED) is 0.673. The second-order valence-corrected chi connectivity index (χ2v) is 4.51. The average molecular weight is 243 g/mol. The number of hydrogen-bond acceptors (Lipinski definition) is 5. The van der Waals surface area contributed by atoms with E-state index in [0.717, 1.165) is 21.0 Å². The largest absolute Gasteiger partial charge is 0.399 e. The molecule has 6 heteroatoms. The molecule has 0 saturated heterocycles. The van der Waals surface area contributed by atoms with Crippen LogP contribution in [0.2, 0.25) is 0 Å². The van der Waals surface area contributed by atoms with Crippen LogP contribution in [0.1, 0.15) is 0 Å². The summed E-state index contributed by atoms with van der Waals surface area (Å²) in [6.07, 6.45) is 3.25. The summed E-state index contributed by atoms with van der Waals surface area (Å²) in [7, 11) is 0. The number of nitrogens with zero attached hydrogens (tertiary/aromatic N) is 3. The van der Waals surface area contributed by atoms with E-state index >= 15 is 0 Å². The van der Waals surface area contributed by atoms with E-state index in [9.17, 15) is 0 Å². The van der Waals surface area contributed by atoms with Gasteiger partial charge in [0.15, 0.2) is 5.16 Å². The van der Waals surface area contributed by atoms with Crippen molar-refractivity contribution in [1.29, 1.82) is 0 Å². The van der Waals surface area contributed by atoms with Crippen LogP contribution in [0.15, 0.2) is 46.8 Å². The molecular formula is C11H9N5S. The third-order valence-electron chi connectivity index (χ3n) is 2.33. The van der Waals surface area contributed by atoms with E-state index in [1.54, 1.807) is 6.20 Å². The topological polar surface area (TPSA) is 80.5 Å². The molecule has 17 heavy (non-hydrogen) atoms. The highest BCUT2D eigenvalue weighted by atomic mass is 32.2. The lowest BCUT2D eigenvalue weighted by Gasteiger charge is -2.04. The number of nitrogens with one attached hydrogen (secondary N) is 1. The fourth-order valence-corrected chi connectivity index (χ4v) is 2.39. The van der Waals surface area contributed by atoms with Gasteiger partial charge in [0.05, 0.1) is 5.52 Å². The standard InChI is InChI=1S/C11H9N5S/c12-7-1-2-8-9(5-7)13-4-3-10(8)17-11-14-6-15-16-11/h1-6H,12H2,(H,14,15,16). The number of rotatable bonds is 2. The van der Waals surface area contributed by atoms with Gasteiger partial charge in [-0.05, 0) is 36.0 Å². The number of hydrogen-bond donors (Lipinski definition) is 2. The maximum atomic E-state index is 5.73. The molecule has 0 aliphatic heterocycles. The molecule has 0 spiro atoms. The molecule has 1 aromatic carbocycles. The van der Waals surface area contributed by atoms with Crippen molar-refractivity contribution in [3.8, 4) is 0 Å². The Kier molecular flexibility index (Phi) is 2.41. The van der Waals surface area contributed by atoms with E-state index in [2.05, 4.69) is 20.2 Å². The second kappa shape index (κ2) is 4.06. The average Bonchev–Trinajstić information content (AvgIpc) is 2.82. The second-order valence-electron chi connectivity index (χ2n) is 3.48. The van der Waals surface area contributed by atoms with Crippen LogP contribution < -0.4 is 5.73 Å². The minimum Gasteiger partial charge on any atom is -0.399 e. The van der Waals surface area contributed by atoms with Crippen molar-refractivity contribution in [2.45, 2.75) is 10.1 Å². The van der Waals surface area contributed by atoms with Crippen molar-refractivity contribution in [1.82, 2.24) is 20.2 Å². The Morgan fingerprint density at radius 1 is 1.18 bits per heavy atom. The van der Waals surface area contributed by atoms with Gasteiger partial charge in [0, 0.05) is 22.2 Å².